The molecule has 1 unspecified atom stereocenters. The van der Waals surface area contributed by atoms with E-state index in [0.717, 1.165) is 122 Å². The SMILES string of the molecule is CC/C=C\C/C=C\C/C=C\C/C=C\CCCCCCCCCCCCCCC(=O)OCC(COC(=O)CCCCCC/C=C\C/C=C\C/C=C\C/C=C\CC)OC(=O)CCCCCCCCCCCCCCCCCCCCC. The molecule has 0 fully saturated rings. The minimum absolute atomic E-state index is 0.0837. The van der Waals surface area contributed by atoms with Crippen molar-refractivity contribution < 1.29 is 28.6 Å². The maximum Gasteiger partial charge on any atom is 0.306 e. The Morgan fingerprint density at radius 1 is 0.266 bits per heavy atom. The Kier molecular flexibility index (Phi) is 63.7. The average Bonchev–Trinajstić information content (AvgIpc) is 3.45. The van der Waals surface area contributed by atoms with Crippen molar-refractivity contribution in [1.82, 2.24) is 0 Å². The standard InChI is InChI=1S/C73H126O6/c1-4-7-10-13-16-19-22-25-28-31-33-34-35-36-37-38-40-42-45-48-51-54-57-60-63-66-72(75)78-69-70(68-77-71(74)65-62-59-56-53-50-47-44-41-30-27-24-21-18-15-12-9-6-3)79-73(76)67-64-61-58-55-52-49-46-43-39-32-29-26-23-20-17-14-11-8-5-2/h7,9-10,12,16,18-19,21,25,27-28,30,33-34,44,47,70H,4-6,8,11,13-15,17,20,22-24,26,29,31-32,35-43,45-46,48-69H2,1-3H3/b10-7-,12-9-,19-16-,21-18-,28-25-,30-27-,34-33-,47-44-. The van der Waals surface area contributed by atoms with E-state index in [9.17, 15) is 14.4 Å². The van der Waals surface area contributed by atoms with Crippen LogP contribution in [0, 0.1) is 0 Å². The molecule has 0 aliphatic heterocycles. The summed E-state index contributed by atoms with van der Waals surface area (Å²) in [7, 11) is 0. The molecule has 0 bridgehead atoms. The molecule has 0 aromatic rings. The summed E-state index contributed by atoms with van der Waals surface area (Å²) in [6, 6.07) is 0. The van der Waals surface area contributed by atoms with Gasteiger partial charge in [0, 0.05) is 19.3 Å². The van der Waals surface area contributed by atoms with Gasteiger partial charge in [0.05, 0.1) is 0 Å². The van der Waals surface area contributed by atoms with Crippen LogP contribution in [0.5, 0.6) is 0 Å². The molecule has 0 N–H and O–H groups in total. The van der Waals surface area contributed by atoms with Crippen LogP contribution in [0.25, 0.3) is 0 Å². The molecule has 79 heavy (non-hydrogen) atoms. The van der Waals surface area contributed by atoms with Gasteiger partial charge >= 0.3 is 17.9 Å². The zero-order valence-corrected chi connectivity index (χ0v) is 52.1. The fourth-order valence-corrected chi connectivity index (χ4v) is 9.60. The lowest BCUT2D eigenvalue weighted by Gasteiger charge is -2.18. The molecule has 0 radical (unpaired) electrons. The van der Waals surface area contributed by atoms with Crippen LogP contribution in [0.4, 0.5) is 0 Å². The van der Waals surface area contributed by atoms with E-state index in [1.54, 1.807) is 0 Å². The summed E-state index contributed by atoms with van der Waals surface area (Å²) in [5.41, 5.74) is 0. The van der Waals surface area contributed by atoms with E-state index in [4.69, 9.17) is 14.2 Å². The lowest BCUT2D eigenvalue weighted by Crippen LogP contribution is -2.30. The fraction of sp³-hybridized carbons (Fsp3) is 0.740. The molecule has 6 heteroatoms. The van der Waals surface area contributed by atoms with E-state index >= 15 is 0 Å². The van der Waals surface area contributed by atoms with Crippen LogP contribution in [0.3, 0.4) is 0 Å². The Bertz CT molecular complexity index is 1540. The van der Waals surface area contributed by atoms with Crippen LogP contribution in [-0.4, -0.2) is 37.2 Å². The van der Waals surface area contributed by atoms with Crippen molar-refractivity contribution in [3.05, 3.63) is 97.2 Å². The fourth-order valence-electron chi connectivity index (χ4n) is 9.60. The number of rotatable bonds is 61. The normalized spacial score (nSPS) is 12.7. The largest absolute Gasteiger partial charge is 0.462 e. The first-order valence-corrected chi connectivity index (χ1v) is 33.7. The Morgan fingerprint density at radius 3 is 0.772 bits per heavy atom. The number of carbonyl (C=O) groups is 3. The van der Waals surface area contributed by atoms with Gasteiger partial charge in [0.2, 0.25) is 0 Å². The Morgan fingerprint density at radius 2 is 0.494 bits per heavy atom. The van der Waals surface area contributed by atoms with Gasteiger partial charge in [-0.15, -0.1) is 0 Å². The molecule has 0 rings (SSSR count). The van der Waals surface area contributed by atoms with Crippen molar-refractivity contribution in [3.8, 4) is 0 Å². The maximum absolute atomic E-state index is 12.9. The van der Waals surface area contributed by atoms with Crippen LogP contribution in [-0.2, 0) is 28.6 Å². The first-order valence-electron chi connectivity index (χ1n) is 33.7. The van der Waals surface area contributed by atoms with E-state index in [2.05, 4.69) is 118 Å². The summed E-state index contributed by atoms with van der Waals surface area (Å²) in [6.07, 6.45) is 89.9. The molecule has 0 saturated heterocycles. The van der Waals surface area contributed by atoms with Crippen molar-refractivity contribution in [2.24, 2.45) is 0 Å². The number of carbonyl (C=O) groups excluding carboxylic acids is 3. The topological polar surface area (TPSA) is 78.9 Å². The van der Waals surface area contributed by atoms with Crippen molar-refractivity contribution in [3.63, 3.8) is 0 Å². The average molecular weight is 1100 g/mol. The molecule has 0 aromatic heterocycles. The lowest BCUT2D eigenvalue weighted by atomic mass is 10.0. The summed E-state index contributed by atoms with van der Waals surface area (Å²) >= 11 is 0. The molecule has 6 nitrogen and oxygen atoms in total. The van der Waals surface area contributed by atoms with E-state index in [-0.39, 0.29) is 31.1 Å². The highest BCUT2D eigenvalue weighted by Gasteiger charge is 2.19. The van der Waals surface area contributed by atoms with Gasteiger partial charge in [-0.1, -0.05) is 311 Å². The van der Waals surface area contributed by atoms with Gasteiger partial charge in [-0.05, 0) is 96.3 Å². The predicted molar refractivity (Wildman–Crippen MR) is 344 cm³/mol. The summed E-state index contributed by atoms with van der Waals surface area (Å²) in [6.45, 7) is 6.44. The highest BCUT2D eigenvalue weighted by Crippen LogP contribution is 2.17. The Balaban J connectivity index is 4.36. The van der Waals surface area contributed by atoms with Gasteiger partial charge < -0.3 is 14.2 Å². The second-order valence-corrected chi connectivity index (χ2v) is 22.3. The molecule has 0 aliphatic rings. The van der Waals surface area contributed by atoms with E-state index < -0.39 is 6.10 Å². The second-order valence-electron chi connectivity index (χ2n) is 22.3. The summed E-state index contributed by atoms with van der Waals surface area (Å²) < 4.78 is 17.0. The molecule has 0 aliphatic carbocycles. The lowest BCUT2D eigenvalue weighted by molar-refractivity contribution is -0.167. The number of esters is 3. The minimum atomic E-state index is -0.789. The van der Waals surface area contributed by atoms with Gasteiger partial charge in [-0.3, -0.25) is 14.4 Å². The maximum atomic E-state index is 12.9. The molecular formula is C73H126O6. The quantitative estimate of drug-likeness (QED) is 0.0261. The first-order chi connectivity index (χ1) is 39.0. The molecular weight excluding hydrogens is 973 g/mol. The highest BCUT2D eigenvalue weighted by atomic mass is 16.6. The number of allylic oxidation sites excluding steroid dienone is 16. The molecule has 454 valence electrons. The first kappa shape index (κ1) is 75.3. The number of hydrogen-bond acceptors (Lipinski definition) is 6. The summed E-state index contributed by atoms with van der Waals surface area (Å²) in [4.78, 5) is 38.4. The van der Waals surface area contributed by atoms with Gasteiger partial charge in [0.25, 0.3) is 0 Å². The number of hydrogen-bond donors (Lipinski definition) is 0. The van der Waals surface area contributed by atoms with Crippen LogP contribution in [0.2, 0.25) is 0 Å². The van der Waals surface area contributed by atoms with Crippen molar-refractivity contribution in [1.29, 1.82) is 0 Å². The van der Waals surface area contributed by atoms with Crippen molar-refractivity contribution >= 4 is 17.9 Å². The van der Waals surface area contributed by atoms with Crippen LogP contribution in [0.15, 0.2) is 97.2 Å². The number of unbranched alkanes of at least 4 members (excludes halogenated alkanes) is 34. The van der Waals surface area contributed by atoms with Crippen molar-refractivity contribution in [2.45, 2.75) is 335 Å². The summed E-state index contributed by atoms with van der Waals surface area (Å²) in [5, 5.41) is 0. The third kappa shape index (κ3) is 65.0. The molecule has 0 aromatic carbocycles. The van der Waals surface area contributed by atoms with E-state index in [0.29, 0.717) is 19.3 Å². The third-order valence-corrected chi connectivity index (χ3v) is 14.6. The van der Waals surface area contributed by atoms with Crippen LogP contribution >= 0.6 is 0 Å². The van der Waals surface area contributed by atoms with E-state index in [1.807, 2.05) is 0 Å². The zero-order valence-electron chi connectivity index (χ0n) is 52.1. The third-order valence-electron chi connectivity index (χ3n) is 14.6. The van der Waals surface area contributed by atoms with Crippen molar-refractivity contribution in [2.75, 3.05) is 13.2 Å². The Hall–Kier alpha value is -3.67. The number of ether oxygens (including phenoxy) is 3. The minimum Gasteiger partial charge on any atom is -0.462 e. The molecule has 0 amide bonds. The van der Waals surface area contributed by atoms with Gasteiger partial charge in [0.15, 0.2) is 6.10 Å². The van der Waals surface area contributed by atoms with Gasteiger partial charge in [0.1, 0.15) is 13.2 Å². The highest BCUT2D eigenvalue weighted by molar-refractivity contribution is 5.71. The molecule has 0 heterocycles. The second kappa shape index (κ2) is 66.8. The van der Waals surface area contributed by atoms with Crippen LogP contribution < -0.4 is 0 Å². The smallest absolute Gasteiger partial charge is 0.306 e. The summed E-state index contributed by atoms with van der Waals surface area (Å²) in [5.74, 6) is -0.893. The zero-order chi connectivity index (χ0) is 57.1. The predicted octanol–water partition coefficient (Wildman–Crippen LogP) is 23.2. The molecule has 0 saturated carbocycles. The van der Waals surface area contributed by atoms with E-state index in [1.165, 1.54) is 167 Å². The Labute approximate surface area is 489 Å². The molecule has 1 atom stereocenters. The van der Waals surface area contributed by atoms with Gasteiger partial charge in [-0.2, -0.15) is 0 Å². The molecule has 0 spiro atoms. The van der Waals surface area contributed by atoms with Gasteiger partial charge in [-0.25, -0.2) is 0 Å². The van der Waals surface area contributed by atoms with Crippen LogP contribution in [0.1, 0.15) is 329 Å². The monoisotopic (exact) mass is 1100 g/mol.